The zero-order valence-corrected chi connectivity index (χ0v) is 25.8. The number of aryl methyl sites for hydroxylation is 1. The highest BCUT2D eigenvalue weighted by atomic mass is 35.5. The van der Waals surface area contributed by atoms with Gasteiger partial charge in [-0.25, -0.2) is 4.79 Å². The number of anilines is 1. The Morgan fingerprint density at radius 1 is 0.913 bits per heavy atom. The summed E-state index contributed by atoms with van der Waals surface area (Å²) in [5.41, 5.74) is 7.20. The van der Waals surface area contributed by atoms with Crippen molar-refractivity contribution in [2.75, 3.05) is 11.9 Å². The molecule has 6 rings (SSSR count). The van der Waals surface area contributed by atoms with Gasteiger partial charge < -0.3 is 20.5 Å². The normalized spacial score (nSPS) is 15.6. The van der Waals surface area contributed by atoms with Crippen LogP contribution in [-0.4, -0.2) is 52.6 Å². The third kappa shape index (κ3) is 6.32. The third-order valence-corrected chi connectivity index (χ3v) is 8.98. The van der Waals surface area contributed by atoms with Gasteiger partial charge in [-0.2, -0.15) is 0 Å². The smallest absolute Gasteiger partial charge is 0.410 e. The molecule has 2 aliphatic rings. The monoisotopic (exact) mass is 637 g/mol. The zero-order valence-electron chi connectivity index (χ0n) is 25.0. The van der Waals surface area contributed by atoms with Crippen molar-refractivity contribution in [3.8, 4) is 11.1 Å². The average molecular weight is 638 g/mol. The van der Waals surface area contributed by atoms with Crippen molar-refractivity contribution in [3.63, 3.8) is 0 Å². The molecule has 4 aromatic rings. The predicted octanol–water partition coefficient (Wildman–Crippen LogP) is 5.92. The molecule has 1 heterocycles. The van der Waals surface area contributed by atoms with Crippen molar-refractivity contribution in [1.82, 2.24) is 10.2 Å². The summed E-state index contributed by atoms with van der Waals surface area (Å²) in [6.07, 6.45) is -1.16. The van der Waals surface area contributed by atoms with E-state index in [1.807, 2.05) is 60.7 Å². The summed E-state index contributed by atoms with van der Waals surface area (Å²) in [5.74, 6) is -2.80. The molecular weight excluding hydrogens is 606 g/mol. The first-order valence-electron chi connectivity index (χ1n) is 15.0. The molecule has 46 heavy (non-hydrogen) atoms. The van der Waals surface area contributed by atoms with Gasteiger partial charge in [-0.3, -0.25) is 19.3 Å². The van der Waals surface area contributed by atoms with Crippen LogP contribution >= 0.6 is 11.6 Å². The number of aliphatic carboxylic acids is 1. The molecule has 1 aliphatic carbocycles. The summed E-state index contributed by atoms with van der Waals surface area (Å²) < 4.78 is 5.91. The number of carboxylic acid groups (broad SMARTS) is 1. The molecule has 234 valence electrons. The predicted molar refractivity (Wildman–Crippen MR) is 174 cm³/mol. The van der Waals surface area contributed by atoms with E-state index in [1.54, 1.807) is 25.1 Å². The molecule has 0 saturated carbocycles. The molecule has 3 N–H and O–H groups in total. The SMILES string of the molecule is Cc1cc(NC(=O)C(CC(=O)O)NC(=O)C2Cc3ccccc3CN2C(=O)OCC2c3ccccc3-c3ccccc32)ccc1Cl. The fourth-order valence-electron chi connectivity index (χ4n) is 6.23. The maximum atomic E-state index is 13.8. The average Bonchev–Trinajstić information content (AvgIpc) is 3.37. The van der Waals surface area contributed by atoms with Gasteiger partial charge in [0.25, 0.3) is 0 Å². The highest BCUT2D eigenvalue weighted by Crippen LogP contribution is 2.44. The summed E-state index contributed by atoms with van der Waals surface area (Å²) in [5, 5.41) is 15.3. The number of hydrogen-bond acceptors (Lipinski definition) is 5. The number of amides is 3. The van der Waals surface area contributed by atoms with Gasteiger partial charge in [-0.15, -0.1) is 0 Å². The Morgan fingerprint density at radius 3 is 2.20 bits per heavy atom. The minimum atomic E-state index is -1.40. The molecule has 0 spiro atoms. The van der Waals surface area contributed by atoms with E-state index in [-0.39, 0.29) is 25.5 Å². The van der Waals surface area contributed by atoms with Crippen LogP contribution in [0.25, 0.3) is 11.1 Å². The Balaban J connectivity index is 1.21. The first kappa shape index (κ1) is 30.9. The number of nitrogens with zero attached hydrogens (tertiary/aromatic N) is 1. The molecule has 1 aliphatic heterocycles. The molecule has 0 bridgehead atoms. The molecule has 4 aromatic carbocycles. The Labute approximate surface area is 271 Å². The van der Waals surface area contributed by atoms with Crippen LogP contribution in [-0.2, 0) is 32.1 Å². The quantitative estimate of drug-likeness (QED) is 0.220. The van der Waals surface area contributed by atoms with Crippen LogP contribution in [0.3, 0.4) is 0 Å². The molecule has 3 amide bonds. The maximum Gasteiger partial charge on any atom is 0.410 e. The number of halogens is 1. The molecule has 0 saturated heterocycles. The summed E-state index contributed by atoms with van der Waals surface area (Å²) in [4.78, 5) is 53.8. The van der Waals surface area contributed by atoms with Gasteiger partial charge in [0.2, 0.25) is 11.8 Å². The number of fused-ring (bicyclic) bond motifs is 4. The Bertz CT molecular complexity index is 1800. The largest absolute Gasteiger partial charge is 0.481 e. The van der Waals surface area contributed by atoms with Crippen LogP contribution in [0.5, 0.6) is 0 Å². The van der Waals surface area contributed by atoms with E-state index in [4.69, 9.17) is 16.3 Å². The van der Waals surface area contributed by atoms with Gasteiger partial charge in [0, 0.05) is 23.0 Å². The van der Waals surface area contributed by atoms with Gasteiger partial charge in [0.05, 0.1) is 13.0 Å². The summed E-state index contributed by atoms with van der Waals surface area (Å²) in [6, 6.07) is 25.9. The van der Waals surface area contributed by atoms with Crippen molar-refractivity contribution < 1.29 is 29.0 Å². The van der Waals surface area contributed by atoms with E-state index in [9.17, 15) is 24.3 Å². The number of hydrogen-bond donors (Lipinski definition) is 3. The number of nitrogens with one attached hydrogen (secondary N) is 2. The number of rotatable bonds is 8. The Kier molecular flexibility index (Phi) is 8.76. The first-order chi connectivity index (χ1) is 22.2. The van der Waals surface area contributed by atoms with Crippen molar-refractivity contribution in [3.05, 3.63) is 124 Å². The Morgan fingerprint density at radius 2 is 1.54 bits per heavy atom. The molecule has 0 fully saturated rings. The lowest BCUT2D eigenvalue weighted by molar-refractivity contribution is -0.140. The molecule has 10 heteroatoms. The lowest BCUT2D eigenvalue weighted by atomic mass is 9.93. The lowest BCUT2D eigenvalue weighted by Gasteiger charge is -2.36. The van der Waals surface area contributed by atoms with E-state index in [0.29, 0.717) is 10.7 Å². The highest BCUT2D eigenvalue weighted by Gasteiger charge is 2.38. The van der Waals surface area contributed by atoms with Crippen molar-refractivity contribution in [2.24, 2.45) is 0 Å². The van der Waals surface area contributed by atoms with Gasteiger partial charge in [0.15, 0.2) is 0 Å². The molecule has 9 nitrogen and oxygen atoms in total. The fourth-order valence-corrected chi connectivity index (χ4v) is 6.35. The van der Waals surface area contributed by atoms with E-state index < -0.39 is 42.4 Å². The first-order valence-corrected chi connectivity index (χ1v) is 15.3. The van der Waals surface area contributed by atoms with Crippen LogP contribution in [0.2, 0.25) is 5.02 Å². The van der Waals surface area contributed by atoms with Gasteiger partial charge in [0.1, 0.15) is 18.7 Å². The second-order valence-electron chi connectivity index (χ2n) is 11.5. The molecule has 0 aromatic heterocycles. The number of carbonyl (C=O) groups excluding carboxylic acids is 3. The van der Waals surface area contributed by atoms with E-state index in [1.165, 1.54) is 4.90 Å². The van der Waals surface area contributed by atoms with Gasteiger partial charge in [-0.1, -0.05) is 84.4 Å². The van der Waals surface area contributed by atoms with Crippen LogP contribution in [0.1, 0.15) is 40.2 Å². The molecule has 2 unspecified atom stereocenters. The van der Waals surface area contributed by atoms with E-state index >= 15 is 0 Å². The summed E-state index contributed by atoms with van der Waals surface area (Å²) in [7, 11) is 0. The number of ether oxygens (including phenoxy) is 1. The van der Waals surface area contributed by atoms with E-state index in [0.717, 1.165) is 38.9 Å². The van der Waals surface area contributed by atoms with Gasteiger partial charge in [-0.05, 0) is 64.1 Å². The minimum Gasteiger partial charge on any atom is -0.481 e. The summed E-state index contributed by atoms with van der Waals surface area (Å²) >= 11 is 6.09. The third-order valence-electron chi connectivity index (χ3n) is 8.56. The van der Waals surface area contributed by atoms with E-state index in [2.05, 4.69) is 22.8 Å². The summed E-state index contributed by atoms with van der Waals surface area (Å²) in [6.45, 7) is 1.96. The van der Waals surface area contributed by atoms with Crippen LogP contribution in [0.4, 0.5) is 10.5 Å². The Hall–Kier alpha value is -5.15. The number of carbonyl (C=O) groups is 4. The standard InChI is InChI=1S/C36H32ClN3O6/c1-21-16-24(14-15-30(21)37)38-34(43)31(18-33(41)42)39-35(44)32-17-22-8-2-3-9-23(22)19-40(32)36(45)46-20-29-27-12-6-4-10-25(27)26-11-5-7-13-28(26)29/h2-16,29,31-32H,17-20H2,1H3,(H,38,43)(H,39,44)(H,41,42). The topological polar surface area (TPSA) is 125 Å². The molecular formula is C36H32ClN3O6. The van der Waals surface area contributed by atoms with Gasteiger partial charge >= 0.3 is 12.1 Å². The minimum absolute atomic E-state index is 0.0733. The molecule has 0 radical (unpaired) electrons. The zero-order chi connectivity index (χ0) is 32.4. The number of carboxylic acids is 1. The van der Waals surface area contributed by atoms with Crippen molar-refractivity contribution in [2.45, 2.75) is 44.3 Å². The van der Waals surface area contributed by atoms with Crippen LogP contribution in [0.15, 0.2) is 91.0 Å². The lowest BCUT2D eigenvalue weighted by Crippen LogP contribution is -2.56. The van der Waals surface area contributed by atoms with Crippen LogP contribution < -0.4 is 10.6 Å². The molecule has 2 atom stereocenters. The van der Waals surface area contributed by atoms with Crippen LogP contribution in [0, 0.1) is 6.92 Å². The van der Waals surface area contributed by atoms with Crippen molar-refractivity contribution >= 4 is 41.2 Å². The fraction of sp³-hybridized carbons (Fsp3) is 0.222. The maximum absolute atomic E-state index is 13.8. The highest BCUT2D eigenvalue weighted by molar-refractivity contribution is 6.31. The second kappa shape index (κ2) is 13.1. The number of benzene rings is 4. The second-order valence-corrected chi connectivity index (χ2v) is 11.9. The van der Waals surface area contributed by atoms with Crippen molar-refractivity contribution in [1.29, 1.82) is 0 Å².